The van der Waals surface area contributed by atoms with Crippen molar-refractivity contribution in [3.05, 3.63) is 72.9 Å². The number of nitrogens with zero attached hydrogens (tertiary/aromatic N) is 1. The van der Waals surface area contributed by atoms with Crippen LogP contribution in [0.25, 0.3) is 0 Å². The molecule has 0 rings (SSSR count). The van der Waals surface area contributed by atoms with Gasteiger partial charge in [0.2, 0.25) is 5.91 Å². The Kier molecular flexibility index (Phi) is 41.7. The summed E-state index contributed by atoms with van der Waals surface area (Å²) in [5, 5.41) is 13.8. The molecular weight excluding hydrogens is 780 g/mol. The molecule has 354 valence electrons. The Morgan fingerprint density at radius 3 is 1.43 bits per heavy atom. The summed E-state index contributed by atoms with van der Waals surface area (Å²) in [7, 11) is 1.53. The third-order valence-corrected chi connectivity index (χ3v) is 11.6. The van der Waals surface area contributed by atoms with Crippen molar-refractivity contribution in [1.29, 1.82) is 0 Å². The molecule has 0 saturated heterocycles. The molecule has 3 atom stereocenters. The summed E-state index contributed by atoms with van der Waals surface area (Å²) in [6.45, 7) is 4.75. The second-order valence-electron chi connectivity index (χ2n) is 17.8. The maximum Gasteiger partial charge on any atom is 0.472 e. The number of phosphoric ester groups is 1. The van der Waals surface area contributed by atoms with E-state index in [9.17, 15) is 19.4 Å². The van der Waals surface area contributed by atoms with E-state index >= 15 is 0 Å². The first-order valence-corrected chi connectivity index (χ1v) is 26.3. The fourth-order valence-electron chi connectivity index (χ4n) is 6.67. The molecule has 3 unspecified atom stereocenters. The van der Waals surface area contributed by atoms with Gasteiger partial charge in [0.25, 0.3) is 0 Å². The zero-order valence-corrected chi connectivity index (χ0v) is 41.0. The number of aliphatic hydroxyl groups excluding tert-OH is 1. The van der Waals surface area contributed by atoms with E-state index in [4.69, 9.17) is 9.05 Å². The lowest BCUT2D eigenvalue weighted by Gasteiger charge is -2.25. The van der Waals surface area contributed by atoms with Crippen LogP contribution in [0.1, 0.15) is 200 Å². The zero-order chi connectivity index (χ0) is 45.0. The highest BCUT2D eigenvalue weighted by Crippen LogP contribution is 2.43. The molecule has 61 heavy (non-hydrogen) atoms. The summed E-state index contributed by atoms with van der Waals surface area (Å²) >= 11 is 0. The van der Waals surface area contributed by atoms with Gasteiger partial charge in [0, 0.05) is 6.42 Å². The van der Waals surface area contributed by atoms with Crippen molar-refractivity contribution in [1.82, 2.24) is 5.32 Å². The van der Waals surface area contributed by atoms with Gasteiger partial charge in [0.15, 0.2) is 0 Å². The fourth-order valence-corrected chi connectivity index (χ4v) is 7.40. The lowest BCUT2D eigenvalue weighted by Crippen LogP contribution is -2.45. The van der Waals surface area contributed by atoms with Gasteiger partial charge in [0.1, 0.15) is 13.2 Å². The molecule has 0 aromatic carbocycles. The van der Waals surface area contributed by atoms with Crippen LogP contribution in [0.15, 0.2) is 72.9 Å². The van der Waals surface area contributed by atoms with E-state index in [1.54, 1.807) is 6.08 Å². The topological polar surface area (TPSA) is 105 Å². The van der Waals surface area contributed by atoms with Gasteiger partial charge in [0.05, 0.1) is 39.9 Å². The number of hydrogen-bond donors (Lipinski definition) is 3. The van der Waals surface area contributed by atoms with Crippen LogP contribution in [0, 0.1) is 0 Å². The van der Waals surface area contributed by atoms with Gasteiger partial charge in [-0.3, -0.25) is 13.8 Å². The molecular formula is C52H96N2O6P+. The van der Waals surface area contributed by atoms with E-state index in [-0.39, 0.29) is 19.1 Å². The lowest BCUT2D eigenvalue weighted by atomic mass is 10.1. The molecule has 3 N–H and O–H groups in total. The number of phosphoric acid groups is 1. The maximum atomic E-state index is 12.9. The highest BCUT2D eigenvalue weighted by atomic mass is 31.2. The smallest absolute Gasteiger partial charge is 0.387 e. The standard InChI is InChI=1S/C52H95N2O6P/c1-6-8-10-12-14-16-18-20-22-24-25-26-27-28-29-30-32-34-36-38-40-42-44-46-52(56)53-50(49-60-61(57,58)59-48-47-54(3,4)5)51(55)45-43-41-39-37-35-33-31-23-21-19-17-15-13-11-9-7-2/h18,20-21,23-25,27-28,35,37,43,45,50-51,55H,6-17,19,22,26,29-34,36,38-42,44,46-49H2,1-5H3,(H-,53,56,57,58)/p+1/b20-18-,23-21+,25-24-,28-27-,37-35+,45-43+. The number of nitrogens with one attached hydrogen (secondary N) is 1. The van der Waals surface area contributed by atoms with Gasteiger partial charge in [-0.25, -0.2) is 4.57 Å². The third kappa shape index (κ3) is 45.8. The van der Waals surface area contributed by atoms with Crippen LogP contribution in [0.5, 0.6) is 0 Å². The zero-order valence-electron chi connectivity index (χ0n) is 40.1. The molecule has 0 aliphatic rings. The summed E-state index contributed by atoms with van der Waals surface area (Å²) in [5.74, 6) is -0.201. The van der Waals surface area contributed by atoms with Gasteiger partial charge in [-0.1, -0.05) is 183 Å². The Bertz CT molecular complexity index is 1220. The predicted octanol–water partition coefficient (Wildman–Crippen LogP) is 14.4. The second kappa shape index (κ2) is 43.2. The Labute approximate surface area is 376 Å². The first kappa shape index (κ1) is 58.9. The minimum Gasteiger partial charge on any atom is -0.387 e. The van der Waals surface area contributed by atoms with Crippen molar-refractivity contribution in [2.45, 2.75) is 212 Å². The maximum absolute atomic E-state index is 12.9. The van der Waals surface area contributed by atoms with Crippen LogP contribution in [-0.2, 0) is 18.4 Å². The summed E-state index contributed by atoms with van der Waals surface area (Å²) in [6, 6.07) is -0.877. The minimum atomic E-state index is -4.36. The van der Waals surface area contributed by atoms with Crippen LogP contribution >= 0.6 is 7.82 Å². The van der Waals surface area contributed by atoms with E-state index in [1.165, 1.54) is 116 Å². The average molecular weight is 876 g/mol. The Morgan fingerprint density at radius 2 is 0.951 bits per heavy atom. The van der Waals surface area contributed by atoms with Gasteiger partial charge < -0.3 is 19.8 Å². The fraction of sp³-hybridized carbons (Fsp3) is 0.750. The molecule has 0 spiro atoms. The summed E-state index contributed by atoms with van der Waals surface area (Å²) in [6.07, 6.45) is 58.3. The molecule has 0 radical (unpaired) electrons. The predicted molar refractivity (Wildman–Crippen MR) is 263 cm³/mol. The van der Waals surface area contributed by atoms with E-state index in [1.807, 2.05) is 27.2 Å². The largest absolute Gasteiger partial charge is 0.472 e. The monoisotopic (exact) mass is 876 g/mol. The number of amides is 1. The second-order valence-corrected chi connectivity index (χ2v) is 19.3. The van der Waals surface area contributed by atoms with Crippen LogP contribution < -0.4 is 5.32 Å². The summed E-state index contributed by atoms with van der Waals surface area (Å²) in [5.41, 5.74) is 0. The Balaban J connectivity index is 4.41. The highest BCUT2D eigenvalue weighted by molar-refractivity contribution is 7.47. The van der Waals surface area contributed by atoms with Crippen LogP contribution in [-0.4, -0.2) is 73.4 Å². The van der Waals surface area contributed by atoms with E-state index in [0.29, 0.717) is 17.4 Å². The molecule has 0 heterocycles. The normalized spacial score (nSPS) is 14.8. The lowest BCUT2D eigenvalue weighted by molar-refractivity contribution is -0.870. The van der Waals surface area contributed by atoms with Crippen molar-refractivity contribution in [3.63, 3.8) is 0 Å². The number of quaternary nitrogens is 1. The molecule has 0 saturated carbocycles. The molecule has 0 fully saturated rings. The molecule has 9 heteroatoms. The molecule has 8 nitrogen and oxygen atoms in total. The SMILES string of the molecule is CCCCCCC/C=C\C/C=C\C/C=C\CCCCCCCCCCC(=O)NC(COP(=O)(O)OCC[N+](C)(C)C)C(O)/C=C/CC/C=C/CC/C=C/CCCCCCCC. The number of hydrogen-bond acceptors (Lipinski definition) is 5. The van der Waals surface area contributed by atoms with Gasteiger partial charge in [-0.05, 0) is 83.5 Å². The summed E-state index contributed by atoms with van der Waals surface area (Å²) in [4.78, 5) is 23.2. The van der Waals surface area contributed by atoms with Crippen molar-refractivity contribution < 1.29 is 32.9 Å². The van der Waals surface area contributed by atoms with Gasteiger partial charge in [-0.2, -0.15) is 0 Å². The van der Waals surface area contributed by atoms with Crippen molar-refractivity contribution in [2.24, 2.45) is 0 Å². The molecule has 0 aliphatic heterocycles. The van der Waals surface area contributed by atoms with Crippen LogP contribution in [0.2, 0.25) is 0 Å². The van der Waals surface area contributed by atoms with E-state index in [0.717, 1.165) is 64.2 Å². The first-order chi connectivity index (χ1) is 29.5. The molecule has 0 aromatic heterocycles. The number of carbonyl (C=O) groups is 1. The quantitative estimate of drug-likeness (QED) is 0.0244. The van der Waals surface area contributed by atoms with Crippen molar-refractivity contribution in [3.8, 4) is 0 Å². The third-order valence-electron chi connectivity index (χ3n) is 10.6. The number of aliphatic hydroxyl groups is 1. The number of carbonyl (C=O) groups excluding carboxylic acids is 1. The summed E-state index contributed by atoms with van der Waals surface area (Å²) < 4.78 is 23.6. The van der Waals surface area contributed by atoms with Crippen LogP contribution in [0.4, 0.5) is 0 Å². The Morgan fingerprint density at radius 1 is 0.557 bits per heavy atom. The molecule has 0 bridgehead atoms. The number of allylic oxidation sites excluding steroid dienone is 11. The molecule has 1 amide bonds. The average Bonchev–Trinajstić information content (AvgIpc) is 3.21. The van der Waals surface area contributed by atoms with Crippen molar-refractivity contribution >= 4 is 13.7 Å². The van der Waals surface area contributed by atoms with E-state index < -0.39 is 20.0 Å². The number of unbranched alkanes of at least 4 members (excludes halogenated alkanes) is 21. The van der Waals surface area contributed by atoms with Crippen molar-refractivity contribution in [2.75, 3.05) is 40.9 Å². The van der Waals surface area contributed by atoms with Crippen LogP contribution in [0.3, 0.4) is 0 Å². The first-order valence-electron chi connectivity index (χ1n) is 24.8. The number of likely N-dealkylation sites (N-methyl/N-ethyl adjacent to an activating group) is 1. The minimum absolute atomic E-state index is 0.0487. The van der Waals surface area contributed by atoms with Gasteiger partial charge in [-0.15, -0.1) is 0 Å². The number of rotatable bonds is 44. The highest BCUT2D eigenvalue weighted by Gasteiger charge is 2.27. The van der Waals surface area contributed by atoms with Gasteiger partial charge >= 0.3 is 7.82 Å². The molecule has 0 aliphatic carbocycles. The molecule has 0 aromatic rings. The van der Waals surface area contributed by atoms with E-state index in [2.05, 4.69) is 79.9 Å². The Hall–Kier alpha value is -2.06.